The summed E-state index contributed by atoms with van der Waals surface area (Å²) in [5.41, 5.74) is 0.767. The predicted molar refractivity (Wildman–Crippen MR) is 98.6 cm³/mol. The first-order chi connectivity index (χ1) is 11.1. The van der Waals surface area contributed by atoms with Crippen LogP contribution in [0.4, 0.5) is 0 Å². The summed E-state index contributed by atoms with van der Waals surface area (Å²) in [6.45, 7) is 4.34. The van der Waals surface area contributed by atoms with Crippen LogP contribution in [0.5, 0.6) is 0 Å². The molecule has 0 bridgehead atoms. The summed E-state index contributed by atoms with van der Waals surface area (Å²) in [5, 5.41) is 10.3. The van der Waals surface area contributed by atoms with Crippen molar-refractivity contribution in [1.82, 2.24) is 0 Å². The number of hydrogen-bond acceptors (Lipinski definition) is 2. The second-order valence-corrected chi connectivity index (χ2v) is 6.73. The van der Waals surface area contributed by atoms with Crippen molar-refractivity contribution in [3.63, 3.8) is 0 Å². The number of ketones is 1. The third-order valence-electron chi connectivity index (χ3n) is 4.23. The molecule has 2 nitrogen and oxygen atoms in total. The second-order valence-electron chi connectivity index (χ2n) is 6.33. The Morgan fingerprint density at radius 1 is 1.17 bits per heavy atom. The van der Waals surface area contributed by atoms with Gasteiger partial charge in [0.1, 0.15) is 0 Å². The summed E-state index contributed by atoms with van der Waals surface area (Å²) in [5.74, 6) is -0.140. The highest BCUT2D eigenvalue weighted by Crippen LogP contribution is 2.31. The fourth-order valence-electron chi connectivity index (χ4n) is 2.78. The zero-order chi connectivity index (χ0) is 17.1. The van der Waals surface area contributed by atoms with Crippen LogP contribution in [-0.2, 0) is 4.79 Å². The van der Waals surface area contributed by atoms with Crippen molar-refractivity contribution in [2.24, 2.45) is 5.92 Å². The zero-order valence-corrected chi connectivity index (χ0v) is 15.3. The van der Waals surface area contributed by atoms with Gasteiger partial charge in [-0.15, -0.1) is 0 Å². The van der Waals surface area contributed by atoms with E-state index >= 15 is 0 Å². The minimum Gasteiger partial charge on any atom is -0.389 e. The highest BCUT2D eigenvalue weighted by atomic mass is 35.5. The Morgan fingerprint density at radius 3 is 2.57 bits per heavy atom. The van der Waals surface area contributed by atoms with E-state index in [-0.39, 0.29) is 11.7 Å². The lowest BCUT2D eigenvalue weighted by Crippen LogP contribution is -2.05. The minimum atomic E-state index is -0.435. The SMILES string of the molecule is CCCCCCC=C1C(=O)C(Cl)=CC1C=CC(O)CCCCC. The Bertz CT molecular complexity index is 449. The van der Waals surface area contributed by atoms with Crippen LogP contribution >= 0.6 is 11.6 Å². The normalized spacial score (nSPS) is 21.4. The average Bonchev–Trinajstić information content (AvgIpc) is 2.80. The van der Waals surface area contributed by atoms with Gasteiger partial charge in [0.15, 0.2) is 0 Å². The molecule has 2 unspecified atom stereocenters. The van der Waals surface area contributed by atoms with E-state index in [0.717, 1.165) is 44.1 Å². The van der Waals surface area contributed by atoms with Crippen LogP contribution in [-0.4, -0.2) is 17.0 Å². The number of aliphatic hydroxyl groups excluding tert-OH is 1. The quantitative estimate of drug-likeness (QED) is 0.298. The summed E-state index contributed by atoms with van der Waals surface area (Å²) in [6.07, 6.45) is 16.9. The number of carbonyl (C=O) groups is 1. The molecular formula is C20H31ClO2. The smallest absolute Gasteiger partial charge is 0.200 e. The largest absolute Gasteiger partial charge is 0.389 e. The van der Waals surface area contributed by atoms with Gasteiger partial charge in [-0.2, -0.15) is 0 Å². The van der Waals surface area contributed by atoms with Crippen molar-refractivity contribution in [3.05, 3.63) is 34.9 Å². The summed E-state index contributed by atoms with van der Waals surface area (Å²) in [7, 11) is 0. The Labute approximate surface area is 146 Å². The van der Waals surface area contributed by atoms with Gasteiger partial charge in [-0.1, -0.05) is 88.3 Å². The van der Waals surface area contributed by atoms with Gasteiger partial charge in [0, 0.05) is 11.5 Å². The van der Waals surface area contributed by atoms with E-state index in [1.807, 2.05) is 18.2 Å². The van der Waals surface area contributed by atoms with Gasteiger partial charge >= 0.3 is 0 Å². The highest BCUT2D eigenvalue weighted by Gasteiger charge is 2.26. The lowest BCUT2D eigenvalue weighted by molar-refractivity contribution is -0.111. The van der Waals surface area contributed by atoms with Crippen molar-refractivity contribution in [2.45, 2.75) is 77.7 Å². The van der Waals surface area contributed by atoms with Crippen molar-refractivity contribution >= 4 is 17.4 Å². The average molecular weight is 339 g/mol. The van der Waals surface area contributed by atoms with Crippen molar-refractivity contribution < 1.29 is 9.90 Å². The van der Waals surface area contributed by atoms with Gasteiger partial charge in [-0.05, 0) is 19.3 Å². The molecule has 0 radical (unpaired) electrons. The van der Waals surface area contributed by atoms with E-state index < -0.39 is 6.10 Å². The molecule has 23 heavy (non-hydrogen) atoms. The predicted octanol–water partition coefficient (Wildman–Crippen LogP) is 5.70. The Hall–Kier alpha value is -0.860. The van der Waals surface area contributed by atoms with Crippen molar-refractivity contribution in [1.29, 1.82) is 0 Å². The first-order valence-electron chi connectivity index (χ1n) is 9.08. The number of unbranched alkanes of at least 4 members (excludes halogenated alkanes) is 6. The van der Waals surface area contributed by atoms with Gasteiger partial charge in [0.05, 0.1) is 11.1 Å². The molecule has 0 heterocycles. The van der Waals surface area contributed by atoms with Crippen molar-refractivity contribution in [3.8, 4) is 0 Å². The summed E-state index contributed by atoms with van der Waals surface area (Å²) in [4.78, 5) is 12.1. The van der Waals surface area contributed by atoms with E-state index in [4.69, 9.17) is 11.6 Å². The number of Topliss-reactive ketones (excluding diaryl/α,β-unsaturated/α-hetero) is 1. The third-order valence-corrected chi connectivity index (χ3v) is 4.53. The molecule has 0 spiro atoms. The first kappa shape index (κ1) is 20.2. The van der Waals surface area contributed by atoms with Crippen LogP contribution in [0.3, 0.4) is 0 Å². The van der Waals surface area contributed by atoms with E-state index in [1.165, 1.54) is 19.3 Å². The van der Waals surface area contributed by atoms with Gasteiger partial charge in [0.25, 0.3) is 0 Å². The van der Waals surface area contributed by atoms with Gasteiger partial charge in [0.2, 0.25) is 5.78 Å². The van der Waals surface area contributed by atoms with Crippen LogP contribution in [0.15, 0.2) is 34.9 Å². The number of rotatable bonds is 11. The zero-order valence-electron chi connectivity index (χ0n) is 14.6. The van der Waals surface area contributed by atoms with E-state index in [1.54, 1.807) is 6.08 Å². The fraction of sp³-hybridized carbons (Fsp3) is 0.650. The van der Waals surface area contributed by atoms with Gasteiger partial charge < -0.3 is 5.11 Å². The molecule has 0 aromatic heterocycles. The molecular weight excluding hydrogens is 308 g/mol. The summed E-state index contributed by atoms with van der Waals surface area (Å²) in [6, 6.07) is 0. The molecule has 0 saturated heterocycles. The monoisotopic (exact) mass is 338 g/mol. The summed E-state index contributed by atoms with van der Waals surface area (Å²) < 4.78 is 0. The maximum Gasteiger partial charge on any atom is 0.200 e. The molecule has 1 N–H and O–H groups in total. The molecule has 2 atom stereocenters. The molecule has 0 amide bonds. The molecule has 0 saturated carbocycles. The van der Waals surface area contributed by atoms with Gasteiger partial charge in [-0.25, -0.2) is 0 Å². The lowest BCUT2D eigenvalue weighted by atomic mass is 9.98. The molecule has 0 aromatic carbocycles. The van der Waals surface area contributed by atoms with Crippen LogP contribution in [0.1, 0.15) is 71.6 Å². The minimum absolute atomic E-state index is 0.0581. The third kappa shape index (κ3) is 7.50. The molecule has 1 rings (SSSR count). The van der Waals surface area contributed by atoms with E-state index in [0.29, 0.717) is 5.03 Å². The van der Waals surface area contributed by atoms with Gasteiger partial charge in [-0.3, -0.25) is 4.79 Å². The number of aliphatic hydroxyl groups is 1. The Balaban J connectivity index is 2.55. The molecule has 130 valence electrons. The maximum absolute atomic E-state index is 12.1. The summed E-state index contributed by atoms with van der Waals surface area (Å²) >= 11 is 6.01. The van der Waals surface area contributed by atoms with Crippen LogP contribution in [0.2, 0.25) is 0 Å². The van der Waals surface area contributed by atoms with Crippen LogP contribution < -0.4 is 0 Å². The maximum atomic E-state index is 12.1. The molecule has 1 aliphatic rings. The second kappa shape index (κ2) is 11.6. The molecule has 1 aliphatic carbocycles. The molecule has 0 fully saturated rings. The number of hydrogen-bond donors (Lipinski definition) is 1. The number of carbonyl (C=O) groups excluding carboxylic acids is 1. The number of halogens is 1. The van der Waals surface area contributed by atoms with Crippen LogP contribution in [0.25, 0.3) is 0 Å². The lowest BCUT2D eigenvalue weighted by Gasteiger charge is -2.08. The molecule has 0 aliphatic heterocycles. The highest BCUT2D eigenvalue weighted by molar-refractivity contribution is 6.46. The van der Waals surface area contributed by atoms with E-state index in [2.05, 4.69) is 13.8 Å². The molecule has 3 heteroatoms. The van der Waals surface area contributed by atoms with Crippen LogP contribution in [0, 0.1) is 5.92 Å². The number of allylic oxidation sites excluding steroid dienone is 5. The Morgan fingerprint density at radius 2 is 1.87 bits per heavy atom. The molecule has 0 aromatic rings. The standard InChI is InChI=1S/C20H31ClO2/c1-3-5-7-8-10-12-18-16(15-19(21)20(18)23)13-14-17(22)11-9-6-4-2/h12-17,22H,3-11H2,1-2H3. The fourth-order valence-corrected chi connectivity index (χ4v) is 3.02. The van der Waals surface area contributed by atoms with E-state index in [9.17, 15) is 9.90 Å². The van der Waals surface area contributed by atoms with Crippen molar-refractivity contribution in [2.75, 3.05) is 0 Å². The first-order valence-corrected chi connectivity index (χ1v) is 9.46. The Kier molecular flexibility index (Phi) is 10.2. The topological polar surface area (TPSA) is 37.3 Å².